The predicted molar refractivity (Wildman–Crippen MR) is 103 cm³/mol. The second-order valence-electron chi connectivity index (χ2n) is 6.29. The number of rotatable bonds is 2. The maximum absolute atomic E-state index is 11.3. The highest BCUT2D eigenvalue weighted by atomic mass is 127. The van der Waals surface area contributed by atoms with Crippen LogP contribution in [0.5, 0.6) is 5.75 Å². The molecule has 1 N–H and O–H groups in total. The van der Waals surface area contributed by atoms with Crippen molar-refractivity contribution in [2.45, 2.75) is 25.9 Å². The largest absolute Gasteiger partial charge is 0.486 e. The van der Waals surface area contributed by atoms with Gasteiger partial charge in [0.05, 0.1) is 17.1 Å². The topological polar surface area (TPSA) is 88.1 Å². The van der Waals surface area contributed by atoms with Gasteiger partial charge in [-0.3, -0.25) is 0 Å². The third kappa shape index (κ3) is 2.70. The number of hydrogen-bond acceptors (Lipinski definition) is 4. The van der Waals surface area contributed by atoms with Gasteiger partial charge in [-0.2, -0.15) is 15.0 Å². The second-order valence-corrected chi connectivity index (χ2v) is 7.31. The van der Waals surface area contributed by atoms with Gasteiger partial charge in [0.15, 0.2) is 0 Å². The van der Waals surface area contributed by atoms with Crippen molar-refractivity contribution in [3.63, 3.8) is 0 Å². The van der Waals surface area contributed by atoms with Gasteiger partial charge in [-0.1, -0.05) is 0 Å². The van der Waals surface area contributed by atoms with Gasteiger partial charge in [-0.25, -0.2) is 4.79 Å². The Labute approximate surface area is 163 Å². The first kappa shape index (κ1) is 16.8. The number of aromatic nitrogens is 2. The Morgan fingerprint density at radius 1 is 1.42 bits per heavy atom. The third-order valence-electron chi connectivity index (χ3n) is 4.67. The average molecular weight is 459 g/mol. The number of carbonyl (C=O) groups is 1. The SMILES string of the molecule is Cc1cc(C#N)cc2c1C(Oc1ccc3c(c1)c(I)nn3C(=O)O)CC2. The van der Waals surface area contributed by atoms with E-state index in [9.17, 15) is 9.90 Å². The van der Waals surface area contributed by atoms with Crippen LogP contribution in [0.3, 0.4) is 0 Å². The molecule has 7 heteroatoms. The smallest absolute Gasteiger partial charge is 0.432 e. The first-order valence-electron chi connectivity index (χ1n) is 8.09. The molecule has 0 bridgehead atoms. The van der Waals surface area contributed by atoms with Gasteiger partial charge in [0, 0.05) is 5.39 Å². The summed E-state index contributed by atoms with van der Waals surface area (Å²) in [5.74, 6) is 0.682. The molecule has 4 rings (SSSR count). The molecule has 1 atom stereocenters. The number of hydrogen-bond donors (Lipinski definition) is 1. The van der Waals surface area contributed by atoms with Crippen molar-refractivity contribution in [1.82, 2.24) is 9.78 Å². The van der Waals surface area contributed by atoms with E-state index < -0.39 is 6.09 Å². The summed E-state index contributed by atoms with van der Waals surface area (Å²) < 4.78 is 7.81. The highest BCUT2D eigenvalue weighted by molar-refractivity contribution is 14.1. The van der Waals surface area contributed by atoms with Crippen molar-refractivity contribution in [2.75, 3.05) is 0 Å². The summed E-state index contributed by atoms with van der Waals surface area (Å²) in [6.07, 6.45) is 0.560. The molecule has 0 fully saturated rings. The van der Waals surface area contributed by atoms with Crippen LogP contribution in [0.25, 0.3) is 10.9 Å². The summed E-state index contributed by atoms with van der Waals surface area (Å²) in [5, 5.41) is 23.2. The molecule has 26 heavy (non-hydrogen) atoms. The molecule has 0 amide bonds. The summed E-state index contributed by atoms with van der Waals surface area (Å²) in [4.78, 5) is 11.3. The van der Waals surface area contributed by atoms with Crippen LogP contribution >= 0.6 is 22.6 Å². The van der Waals surface area contributed by atoms with Crippen LogP contribution in [0.4, 0.5) is 4.79 Å². The first-order valence-corrected chi connectivity index (χ1v) is 9.17. The van der Waals surface area contributed by atoms with Crippen molar-refractivity contribution in [1.29, 1.82) is 5.26 Å². The molecule has 0 saturated carbocycles. The normalized spacial score (nSPS) is 15.7. The molecule has 1 aliphatic carbocycles. The Morgan fingerprint density at radius 2 is 2.23 bits per heavy atom. The van der Waals surface area contributed by atoms with E-state index in [1.165, 1.54) is 5.56 Å². The van der Waals surface area contributed by atoms with E-state index >= 15 is 0 Å². The van der Waals surface area contributed by atoms with Crippen molar-refractivity contribution in [3.05, 3.63) is 56.3 Å². The van der Waals surface area contributed by atoms with Crippen LogP contribution in [0.2, 0.25) is 0 Å². The zero-order chi connectivity index (χ0) is 18.4. The minimum absolute atomic E-state index is 0.0672. The molecule has 1 aromatic heterocycles. The predicted octanol–water partition coefficient (Wildman–Crippen LogP) is 4.41. The van der Waals surface area contributed by atoms with Crippen LogP contribution in [0.1, 0.15) is 34.8 Å². The second kappa shape index (κ2) is 6.29. The monoisotopic (exact) mass is 459 g/mol. The van der Waals surface area contributed by atoms with E-state index in [1.54, 1.807) is 12.1 Å². The molecular weight excluding hydrogens is 445 g/mol. The van der Waals surface area contributed by atoms with Crippen molar-refractivity contribution >= 4 is 39.6 Å². The van der Waals surface area contributed by atoms with Gasteiger partial charge >= 0.3 is 6.09 Å². The Kier molecular flexibility index (Phi) is 4.07. The Morgan fingerprint density at radius 3 is 2.96 bits per heavy atom. The summed E-state index contributed by atoms with van der Waals surface area (Å²) in [5.41, 5.74) is 4.60. The van der Waals surface area contributed by atoms with E-state index in [4.69, 9.17) is 10.00 Å². The molecular formula is C19H14IN3O3. The number of ether oxygens (including phenoxy) is 1. The molecule has 2 aromatic carbocycles. The van der Waals surface area contributed by atoms with Gasteiger partial charge in [-0.05, 0) is 89.4 Å². The maximum Gasteiger partial charge on any atom is 0.432 e. The summed E-state index contributed by atoms with van der Waals surface area (Å²) >= 11 is 2.03. The van der Waals surface area contributed by atoms with E-state index in [0.29, 0.717) is 20.5 Å². The molecule has 6 nitrogen and oxygen atoms in total. The Balaban J connectivity index is 1.69. The van der Waals surface area contributed by atoms with Crippen molar-refractivity contribution in [3.8, 4) is 11.8 Å². The number of nitriles is 1. The van der Waals surface area contributed by atoms with E-state index in [-0.39, 0.29) is 6.10 Å². The number of carboxylic acid groups (broad SMARTS) is 1. The zero-order valence-corrected chi connectivity index (χ0v) is 16.0. The molecule has 0 spiro atoms. The molecule has 130 valence electrons. The molecule has 0 aliphatic heterocycles. The van der Waals surface area contributed by atoms with E-state index in [0.717, 1.165) is 34.0 Å². The Bertz CT molecular complexity index is 1100. The molecule has 0 saturated heterocycles. The summed E-state index contributed by atoms with van der Waals surface area (Å²) in [7, 11) is 0. The highest BCUT2D eigenvalue weighted by Crippen LogP contribution is 2.38. The standard InChI is InChI=1S/C19H14IN3O3/c1-10-6-11(9-21)7-12-2-5-16(17(10)12)26-13-3-4-15-14(8-13)18(20)22-23(15)19(24)25/h3-4,6-8,16H,2,5H2,1H3,(H,24,25). The molecule has 1 unspecified atom stereocenters. The lowest BCUT2D eigenvalue weighted by molar-refractivity contribution is 0.193. The van der Waals surface area contributed by atoms with Crippen LogP contribution in [0.15, 0.2) is 30.3 Å². The molecule has 3 aromatic rings. The summed E-state index contributed by atoms with van der Waals surface area (Å²) in [6.45, 7) is 2.00. The van der Waals surface area contributed by atoms with Gasteiger partial charge in [0.25, 0.3) is 0 Å². The molecule has 1 aliphatic rings. The zero-order valence-electron chi connectivity index (χ0n) is 13.9. The van der Waals surface area contributed by atoms with Crippen LogP contribution < -0.4 is 4.74 Å². The fourth-order valence-electron chi connectivity index (χ4n) is 3.60. The fraction of sp³-hybridized carbons (Fsp3) is 0.211. The van der Waals surface area contributed by atoms with E-state index in [1.807, 2.05) is 47.7 Å². The Hall–Kier alpha value is -2.60. The van der Waals surface area contributed by atoms with Gasteiger partial charge in [0.2, 0.25) is 0 Å². The van der Waals surface area contributed by atoms with Gasteiger partial charge in [-0.15, -0.1) is 0 Å². The highest BCUT2D eigenvalue weighted by Gasteiger charge is 2.27. The van der Waals surface area contributed by atoms with Gasteiger partial charge in [0.1, 0.15) is 15.6 Å². The fourth-order valence-corrected chi connectivity index (χ4v) is 4.24. The van der Waals surface area contributed by atoms with Gasteiger partial charge < -0.3 is 9.84 Å². The number of aryl methyl sites for hydroxylation is 2. The minimum atomic E-state index is -1.11. The number of fused-ring (bicyclic) bond motifs is 2. The quantitative estimate of drug-likeness (QED) is 0.574. The lowest BCUT2D eigenvalue weighted by Gasteiger charge is -2.17. The van der Waals surface area contributed by atoms with E-state index in [2.05, 4.69) is 11.2 Å². The molecule has 1 heterocycles. The molecule has 0 radical (unpaired) electrons. The van der Waals surface area contributed by atoms with Crippen molar-refractivity contribution in [2.24, 2.45) is 0 Å². The average Bonchev–Trinajstić information content (AvgIpc) is 3.17. The van der Waals surface area contributed by atoms with Crippen LogP contribution in [-0.2, 0) is 6.42 Å². The van der Waals surface area contributed by atoms with Crippen molar-refractivity contribution < 1.29 is 14.6 Å². The summed E-state index contributed by atoms with van der Waals surface area (Å²) in [6, 6.07) is 11.4. The van der Waals surface area contributed by atoms with Crippen LogP contribution in [-0.4, -0.2) is 21.0 Å². The lowest BCUT2D eigenvalue weighted by Crippen LogP contribution is -2.09. The minimum Gasteiger partial charge on any atom is -0.486 e. The first-order chi connectivity index (χ1) is 12.5. The third-order valence-corrected chi connectivity index (χ3v) is 5.46. The maximum atomic E-state index is 11.3. The van der Waals surface area contributed by atoms with Crippen LogP contribution in [0, 0.1) is 22.0 Å². The number of halogens is 1. The lowest BCUT2D eigenvalue weighted by atomic mass is 10.00. The number of benzene rings is 2. The number of nitrogens with zero attached hydrogens (tertiary/aromatic N) is 3.